The molecule has 1 N–H and O–H groups in total. The maximum atomic E-state index is 9.51. The van der Waals surface area contributed by atoms with Crippen molar-refractivity contribution < 1.29 is 5.11 Å². The predicted octanol–water partition coefficient (Wildman–Crippen LogP) is 2.40. The summed E-state index contributed by atoms with van der Waals surface area (Å²) in [5.41, 5.74) is 0. The van der Waals surface area contributed by atoms with E-state index in [9.17, 15) is 5.11 Å². The van der Waals surface area contributed by atoms with Crippen LogP contribution in [-0.4, -0.2) is 35.2 Å². The fourth-order valence-electron chi connectivity index (χ4n) is 2.04. The number of unbranched alkanes of at least 4 members (excludes halogenated alkanes) is 4. The Morgan fingerprint density at radius 2 is 2.13 bits per heavy atom. The minimum atomic E-state index is -0.367. The Balaban J connectivity index is 2.12. The maximum Gasteiger partial charge on any atom is 0.106 e. The third-order valence-electron chi connectivity index (χ3n) is 3.00. The molecular formula is C12H24N2O. The number of hydrogen-bond acceptors (Lipinski definition) is 3. The van der Waals surface area contributed by atoms with Gasteiger partial charge in [0.15, 0.2) is 0 Å². The molecule has 0 fully saturated rings. The topological polar surface area (TPSA) is 35.8 Å². The number of aliphatic hydroxyl groups excluding tert-OH is 1. The monoisotopic (exact) mass is 212 g/mol. The van der Waals surface area contributed by atoms with Crippen LogP contribution in [0.5, 0.6) is 0 Å². The fraction of sp³-hybridized carbons (Fsp3) is 0.917. The lowest BCUT2D eigenvalue weighted by Crippen LogP contribution is -2.37. The van der Waals surface area contributed by atoms with Gasteiger partial charge in [0.05, 0.1) is 0 Å². The molecule has 0 radical (unpaired) electrons. The molecule has 0 aromatic heterocycles. The van der Waals surface area contributed by atoms with E-state index in [0.717, 1.165) is 13.0 Å². The van der Waals surface area contributed by atoms with Crippen molar-refractivity contribution in [1.82, 2.24) is 4.90 Å². The van der Waals surface area contributed by atoms with Gasteiger partial charge in [-0.05, 0) is 19.8 Å². The molecule has 3 nitrogen and oxygen atoms in total. The highest BCUT2D eigenvalue weighted by molar-refractivity contribution is 5.62. The molecular weight excluding hydrogens is 188 g/mol. The summed E-state index contributed by atoms with van der Waals surface area (Å²) in [5, 5.41) is 9.51. The van der Waals surface area contributed by atoms with Gasteiger partial charge in [-0.3, -0.25) is 9.89 Å². The van der Waals surface area contributed by atoms with Crippen LogP contribution in [-0.2, 0) is 0 Å². The normalized spacial score (nSPS) is 23.5. The molecule has 0 aliphatic carbocycles. The SMILES string of the molecule is CCCCCCCC1N=CCN1C(C)O. The van der Waals surface area contributed by atoms with Crippen molar-refractivity contribution in [3.8, 4) is 0 Å². The van der Waals surface area contributed by atoms with Crippen LogP contribution in [0.2, 0.25) is 0 Å². The number of aliphatic imine (C=N–C) groups is 1. The van der Waals surface area contributed by atoms with Crippen molar-refractivity contribution in [2.75, 3.05) is 6.54 Å². The van der Waals surface area contributed by atoms with E-state index in [0.29, 0.717) is 0 Å². The minimum Gasteiger partial charge on any atom is -0.379 e. The molecule has 0 aromatic rings. The van der Waals surface area contributed by atoms with Crippen LogP contribution in [0.25, 0.3) is 0 Å². The van der Waals surface area contributed by atoms with Gasteiger partial charge in [-0.2, -0.15) is 0 Å². The molecule has 3 heteroatoms. The maximum absolute atomic E-state index is 9.51. The van der Waals surface area contributed by atoms with E-state index in [4.69, 9.17) is 0 Å². The molecule has 1 heterocycles. The molecule has 0 bridgehead atoms. The molecule has 0 aromatic carbocycles. The van der Waals surface area contributed by atoms with Gasteiger partial charge in [0.1, 0.15) is 12.4 Å². The third-order valence-corrected chi connectivity index (χ3v) is 3.00. The standard InChI is InChI=1S/C12H24N2O/c1-3-4-5-6-7-8-12-13-9-10-14(12)11(2)15/h9,11-12,15H,3-8,10H2,1-2H3. The molecule has 2 atom stereocenters. The lowest BCUT2D eigenvalue weighted by Gasteiger charge is -2.25. The summed E-state index contributed by atoms with van der Waals surface area (Å²) in [6.07, 6.45) is 9.37. The van der Waals surface area contributed by atoms with E-state index in [1.807, 2.05) is 18.0 Å². The summed E-state index contributed by atoms with van der Waals surface area (Å²) in [6.45, 7) is 4.85. The Morgan fingerprint density at radius 3 is 2.80 bits per heavy atom. The van der Waals surface area contributed by atoms with E-state index in [-0.39, 0.29) is 12.4 Å². The highest BCUT2D eigenvalue weighted by atomic mass is 16.3. The first-order valence-corrected chi connectivity index (χ1v) is 6.21. The second-order valence-electron chi connectivity index (χ2n) is 4.34. The number of rotatable bonds is 7. The molecule has 1 aliphatic heterocycles. The van der Waals surface area contributed by atoms with Gasteiger partial charge in [0, 0.05) is 12.8 Å². The second kappa shape index (κ2) is 6.96. The molecule has 1 aliphatic rings. The number of aliphatic hydroxyl groups is 1. The Hall–Kier alpha value is -0.410. The zero-order chi connectivity index (χ0) is 11.1. The summed E-state index contributed by atoms with van der Waals surface area (Å²) < 4.78 is 0. The number of hydrogen-bond donors (Lipinski definition) is 1. The first-order chi connectivity index (χ1) is 7.25. The molecule has 0 spiro atoms. The van der Waals surface area contributed by atoms with Crippen LogP contribution in [0, 0.1) is 0 Å². The van der Waals surface area contributed by atoms with E-state index < -0.39 is 0 Å². The van der Waals surface area contributed by atoms with E-state index >= 15 is 0 Å². The van der Waals surface area contributed by atoms with Gasteiger partial charge >= 0.3 is 0 Å². The van der Waals surface area contributed by atoms with Crippen LogP contribution in [0.1, 0.15) is 52.4 Å². The third kappa shape index (κ3) is 4.31. The van der Waals surface area contributed by atoms with Gasteiger partial charge in [0.25, 0.3) is 0 Å². The van der Waals surface area contributed by atoms with Gasteiger partial charge in [-0.1, -0.05) is 32.6 Å². The number of nitrogens with zero attached hydrogens (tertiary/aromatic N) is 2. The van der Waals surface area contributed by atoms with Gasteiger partial charge < -0.3 is 5.11 Å². The lowest BCUT2D eigenvalue weighted by molar-refractivity contribution is 0.00710. The Labute approximate surface area is 93.2 Å². The summed E-state index contributed by atoms with van der Waals surface area (Å²) in [6, 6.07) is 0. The second-order valence-corrected chi connectivity index (χ2v) is 4.34. The molecule has 1 rings (SSSR count). The van der Waals surface area contributed by atoms with Crippen molar-refractivity contribution in [2.24, 2.45) is 4.99 Å². The first kappa shape index (κ1) is 12.7. The Kier molecular flexibility index (Phi) is 5.88. The van der Waals surface area contributed by atoms with Crippen LogP contribution in [0.15, 0.2) is 4.99 Å². The summed E-state index contributed by atoms with van der Waals surface area (Å²) >= 11 is 0. The predicted molar refractivity (Wildman–Crippen MR) is 64.0 cm³/mol. The average molecular weight is 212 g/mol. The Morgan fingerprint density at radius 1 is 1.40 bits per heavy atom. The van der Waals surface area contributed by atoms with Crippen molar-refractivity contribution in [2.45, 2.75) is 64.8 Å². The molecule has 0 saturated carbocycles. The minimum absolute atomic E-state index is 0.228. The van der Waals surface area contributed by atoms with Crippen LogP contribution in [0.3, 0.4) is 0 Å². The van der Waals surface area contributed by atoms with E-state index in [2.05, 4.69) is 11.9 Å². The molecule has 0 amide bonds. The van der Waals surface area contributed by atoms with Crippen LogP contribution < -0.4 is 0 Å². The van der Waals surface area contributed by atoms with Crippen LogP contribution in [0.4, 0.5) is 0 Å². The van der Waals surface area contributed by atoms with Crippen molar-refractivity contribution in [3.05, 3.63) is 0 Å². The average Bonchev–Trinajstić information content (AvgIpc) is 2.66. The van der Waals surface area contributed by atoms with E-state index in [1.165, 1.54) is 32.1 Å². The summed E-state index contributed by atoms with van der Waals surface area (Å²) in [5.74, 6) is 0. The van der Waals surface area contributed by atoms with Gasteiger partial charge in [-0.15, -0.1) is 0 Å². The van der Waals surface area contributed by atoms with Crippen LogP contribution >= 0.6 is 0 Å². The quantitative estimate of drug-likeness (QED) is 0.658. The zero-order valence-electron chi connectivity index (χ0n) is 10.0. The smallest absolute Gasteiger partial charge is 0.106 e. The lowest BCUT2D eigenvalue weighted by atomic mass is 10.1. The van der Waals surface area contributed by atoms with Gasteiger partial charge in [0.2, 0.25) is 0 Å². The molecule has 88 valence electrons. The molecule has 0 saturated heterocycles. The highest BCUT2D eigenvalue weighted by Gasteiger charge is 2.23. The molecule has 2 unspecified atom stereocenters. The fourth-order valence-corrected chi connectivity index (χ4v) is 2.04. The van der Waals surface area contributed by atoms with Crippen molar-refractivity contribution >= 4 is 6.21 Å². The van der Waals surface area contributed by atoms with E-state index in [1.54, 1.807) is 0 Å². The summed E-state index contributed by atoms with van der Waals surface area (Å²) in [7, 11) is 0. The van der Waals surface area contributed by atoms with Gasteiger partial charge in [-0.25, -0.2) is 0 Å². The van der Waals surface area contributed by atoms with Crippen molar-refractivity contribution in [1.29, 1.82) is 0 Å². The molecule has 15 heavy (non-hydrogen) atoms. The highest BCUT2D eigenvalue weighted by Crippen LogP contribution is 2.17. The first-order valence-electron chi connectivity index (χ1n) is 6.21. The Bertz CT molecular complexity index is 192. The zero-order valence-corrected chi connectivity index (χ0v) is 10.0. The largest absolute Gasteiger partial charge is 0.379 e. The van der Waals surface area contributed by atoms with Crippen molar-refractivity contribution in [3.63, 3.8) is 0 Å². The summed E-state index contributed by atoms with van der Waals surface area (Å²) in [4.78, 5) is 6.44.